The third-order valence-corrected chi connectivity index (χ3v) is 6.41. The zero-order chi connectivity index (χ0) is 20.3. The maximum Gasteiger partial charge on any atom is 0.260 e. The number of hydrogen-bond donors (Lipinski definition) is 2. The summed E-state index contributed by atoms with van der Waals surface area (Å²) in [4.78, 5) is 12.1. The van der Waals surface area contributed by atoms with Crippen molar-refractivity contribution in [2.75, 3.05) is 6.54 Å². The van der Waals surface area contributed by atoms with Crippen molar-refractivity contribution in [3.63, 3.8) is 0 Å². The molecule has 1 aromatic carbocycles. The van der Waals surface area contributed by atoms with Gasteiger partial charge in [0.2, 0.25) is 0 Å². The molecule has 1 aliphatic carbocycles. The van der Waals surface area contributed by atoms with Crippen LogP contribution in [0.25, 0.3) is 0 Å². The van der Waals surface area contributed by atoms with E-state index in [0.29, 0.717) is 25.8 Å². The molecule has 150 valence electrons. The summed E-state index contributed by atoms with van der Waals surface area (Å²) < 4.78 is 28.2. The van der Waals surface area contributed by atoms with E-state index in [1.807, 2.05) is 24.3 Å². The first kappa shape index (κ1) is 20.7. The van der Waals surface area contributed by atoms with Gasteiger partial charge in [-0.3, -0.25) is 4.79 Å². The first-order valence-corrected chi connectivity index (χ1v) is 10.1. The lowest BCUT2D eigenvalue weighted by Gasteiger charge is -2.41. The molecule has 3 rings (SSSR count). The van der Waals surface area contributed by atoms with E-state index in [9.17, 15) is 13.6 Å². The van der Waals surface area contributed by atoms with Crippen LogP contribution in [0.2, 0.25) is 0 Å². The normalized spacial score (nSPS) is 25.1. The topological polar surface area (TPSA) is 84.7 Å². The SMILES string of the molecule is CC(N)C(=O)N1N=C(c2cc(F)ccc2F)SC1(CCCN)C1C=CC=CC1. The third-order valence-electron chi connectivity index (χ3n) is 4.88. The lowest BCUT2D eigenvalue weighted by molar-refractivity contribution is -0.136. The number of nitrogens with zero attached hydrogens (tertiary/aromatic N) is 2. The van der Waals surface area contributed by atoms with E-state index in [1.165, 1.54) is 16.8 Å². The molecule has 8 heteroatoms. The predicted octanol–water partition coefficient (Wildman–Crippen LogP) is 3.12. The van der Waals surface area contributed by atoms with Crippen LogP contribution in [-0.2, 0) is 4.79 Å². The highest BCUT2D eigenvalue weighted by Gasteiger charge is 2.51. The summed E-state index contributed by atoms with van der Waals surface area (Å²) in [6.07, 6.45) is 9.81. The first-order valence-electron chi connectivity index (χ1n) is 9.25. The number of hydrazone groups is 1. The number of nitrogens with two attached hydrogens (primary N) is 2. The molecule has 3 atom stereocenters. The summed E-state index contributed by atoms with van der Waals surface area (Å²) in [6.45, 7) is 2.03. The molecule has 1 aliphatic heterocycles. The van der Waals surface area contributed by atoms with Crippen LogP contribution in [0.1, 0.15) is 31.7 Å². The lowest BCUT2D eigenvalue weighted by atomic mass is 9.88. The van der Waals surface area contributed by atoms with Gasteiger partial charge < -0.3 is 11.5 Å². The quantitative estimate of drug-likeness (QED) is 0.760. The number of benzene rings is 1. The van der Waals surface area contributed by atoms with Crippen LogP contribution in [0, 0.1) is 17.6 Å². The highest BCUT2D eigenvalue weighted by molar-refractivity contribution is 8.15. The molecule has 1 heterocycles. The monoisotopic (exact) mass is 406 g/mol. The Hall–Kier alpha value is -2.03. The minimum absolute atomic E-state index is 0.0393. The Balaban J connectivity index is 2.09. The number of hydrogen-bond acceptors (Lipinski definition) is 5. The number of rotatable bonds is 6. The maximum atomic E-state index is 14.4. The van der Waals surface area contributed by atoms with Gasteiger partial charge >= 0.3 is 0 Å². The van der Waals surface area contributed by atoms with E-state index >= 15 is 0 Å². The van der Waals surface area contributed by atoms with Crippen LogP contribution in [-0.4, -0.2) is 33.4 Å². The second-order valence-corrected chi connectivity index (χ2v) is 8.26. The van der Waals surface area contributed by atoms with Crippen molar-refractivity contribution in [1.29, 1.82) is 0 Å². The van der Waals surface area contributed by atoms with Gasteiger partial charge in [-0.25, -0.2) is 13.8 Å². The molecule has 0 radical (unpaired) electrons. The highest BCUT2D eigenvalue weighted by atomic mass is 32.2. The fraction of sp³-hybridized carbons (Fsp3) is 0.400. The molecule has 5 nitrogen and oxygen atoms in total. The van der Waals surface area contributed by atoms with Crippen LogP contribution in [0.3, 0.4) is 0 Å². The van der Waals surface area contributed by atoms with Crippen LogP contribution in [0.5, 0.6) is 0 Å². The Morgan fingerprint density at radius 2 is 2.21 bits per heavy atom. The third kappa shape index (κ3) is 3.90. The van der Waals surface area contributed by atoms with Gasteiger partial charge in [-0.15, -0.1) is 0 Å². The van der Waals surface area contributed by atoms with E-state index in [2.05, 4.69) is 5.10 Å². The van der Waals surface area contributed by atoms with E-state index in [4.69, 9.17) is 11.5 Å². The molecule has 0 saturated heterocycles. The van der Waals surface area contributed by atoms with Crippen molar-refractivity contribution >= 4 is 22.7 Å². The fourth-order valence-corrected chi connectivity index (χ4v) is 4.96. The Labute approximate surface area is 167 Å². The number of amides is 1. The van der Waals surface area contributed by atoms with Crippen LogP contribution in [0.15, 0.2) is 47.6 Å². The molecular weight excluding hydrogens is 382 g/mol. The summed E-state index contributed by atoms with van der Waals surface area (Å²) in [5.74, 6) is -1.58. The summed E-state index contributed by atoms with van der Waals surface area (Å²) in [5, 5.41) is 6.09. The van der Waals surface area contributed by atoms with Crippen molar-refractivity contribution in [3.05, 3.63) is 59.7 Å². The van der Waals surface area contributed by atoms with E-state index in [0.717, 1.165) is 18.2 Å². The average Bonchev–Trinajstić information content (AvgIpc) is 3.08. The largest absolute Gasteiger partial charge is 0.330 e. The Kier molecular flexibility index (Phi) is 6.32. The molecular formula is C20H24F2N4OS. The molecule has 0 spiro atoms. The molecule has 2 aliphatic rings. The minimum Gasteiger partial charge on any atom is -0.330 e. The standard InChI is InChI=1S/C20H24F2N4OS/c1-13(24)19(27)26-20(10-5-11-23,14-6-3-2-4-7-14)28-18(25-26)16-12-15(21)8-9-17(16)22/h2-4,6,8-9,12-14H,5,7,10-11,23-24H2,1H3. The molecule has 28 heavy (non-hydrogen) atoms. The molecule has 0 saturated carbocycles. The number of halogens is 2. The average molecular weight is 407 g/mol. The van der Waals surface area contributed by atoms with Crippen molar-refractivity contribution in [1.82, 2.24) is 5.01 Å². The number of allylic oxidation sites excluding steroid dienone is 3. The summed E-state index contributed by atoms with van der Waals surface area (Å²) in [6, 6.07) is 2.45. The Morgan fingerprint density at radius 3 is 2.86 bits per heavy atom. The van der Waals surface area contributed by atoms with Gasteiger partial charge in [0, 0.05) is 11.5 Å². The van der Waals surface area contributed by atoms with Gasteiger partial charge in [-0.05, 0) is 50.9 Å². The first-order chi connectivity index (χ1) is 13.4. The van der Waals surface area contributed by atoms with E-state index < -0.39 is 22.5 Å². The number of thioether (sulfide) groups is 1. The summed E-state index contributed by atoms with van der Waals surface area (Å²) in [5.41, 5.74) is 11.7. The van der Waals surface area contributed by atoms with E-state index in [1.54, 1.807) is 6.92 Å². The second-order valence-electron chi connectivity index (χ2n) is 6.96. The van der Waals surface area contributed by atoms with Crippen LogP contribution >= 0.6 is 11.8 Å². The molecule has 0 aromatic heterocycles. The maximum absolute atomic E-state index is 14.4. The van der Waals surface area contributed by atoms with Crippen molar-refractivity contribution in [2.45, 2.75) is 37.1 Å². The zero-order valence-corrected chi connectivity index (χ0v) is 16.5. The van der Waals surface area contributed by atoms with Gasteiger partial charge in [-0.2, -0.15) is 5.10 Å². The summed E-state index contributed by atoms with van der Waals surface area (Å²) in [7, 11) is 0. The molecule has 4 N–H and O–H groups in total. The number of carbonyl (C=O) groups excluding carboxylic acids is 1. The van der Waals surface area contributed by atoms with Crippen molar-refractivity contribution in [3.8, 4) is 0 Å². The highest BCUT2D eigenvalue weighted by Crippen LogP contribution is 2.50. The lowest BCUT2D eigenvalue weighted by Crippen LogP contribution is -2.53. The fourth-order valence-electron chi connectivity index (χ4n) is 3.45. The van der Waals surface area contributed by atoms with E-state index in [-0.39, 0.29) is 22.4 Å². The Bertz CT molecular complexity index is 839. The summed E-state index contributed by atoms with van der Waals surface area (Å²) >= 11 is 1.29. The number of carbonyl (C=O) groups is 1. The minimum atomic E-state index is -0.792. The Morgan fingerprint density at radius 1 is 1.43 bits per heavy atom. The molecule has 1 amide bonds. The van der Waals surface area contributed by atoms with Gasteiger partial charge in [-0.1, -0.05) is 36.1 Å². The molecule has 0 bridgehead atoms. The second kappa shape index (κ2) is 8.55. The van der Waals surface area contributed by atoms with Gasteiger partial charge in [0.25, 0.3) is 5.91 Å². The van der Waals surface area contributed by atoms with Gasteiger partial charge in [0.05, 0.1) is 6.04 Å². The molecule has 3 unspecified atom stereocenters. The predicted molar refractivity (Wildman–Crippen MR) is 108 cm³/mol. The molecule has 0 fully saturated rings. The van der Waals surface area contributed by atoms with Gasteiger partial charge in [0.1, 0.15) is 21.5 Å². The van der Waals surface area contributed by atoms with Crippen molar-refractivity contribution < 1.29 is 13.6 Å². The van der Waals surface area contributed by atoms with Crippen LogP contribution in [0.4, 0.5) is 8.78 Å². The smallest absolute Gasteiger partial charge is 0.260 e. The molecule has 1 aromatic rings. The zero-order valence-electron chi connectivity index (χ0n) is 15.6. The van der Waals surface area contributed by atoms with Gasteiger partial charge in [0.15, 0.2) is 0 Å². The van der Waals surface area contributed by atoms with Crippen LogP contribution < -0.4 is 11.5 Å². The van der Waals surface area contributed by atoms with Crippen molar-refractivity contribution in [2.24, 2.45) is 22.5 Å².